The summed E-state index contributed by atoms with van der Waals surface area (Å²) in [6.07, 6.45) is 1.11. The summed E-state index contributed by atoms with van der Waals surface area (Å²) in [5.41, 5.74) is 8.68. The van der Waals surface area contributed by atoms with E-state index in [2.05, 4.69) is 50.1 Å². The molecule has 1 aromatic carbocycles. The molecule has 106 valence electrons. The largest absolute Gasteiger partial charge is 0.380 e. The van der Waals surface area contributed by atoms with Crippen LogP contribution in [0.3, 0.4) is 0 Å². The fourth-order valence-corrected chi connectivity index (χ4v) is 2.74. The molecule has 1 heterocycles. The van der Waals surface area contributed by atoms with Crippen molar-refractivity contribution in [1.82, 2.24) is 4.90 Å². The Morgan fingerprint density at radius 1 is 1.26 bits per heavy atom. The number of nitrogens with two attached hydrogens (primary N) is 1. The Kier molecular flexibility index (Phi) is 4.97. The second-order valence-electron chi connectivity index (χ2n) is 5.76. The van der Waals surface area contributed by atoms with E-state index >= 15 is 0 Å². The Morgan fingerprint density at radius 3 is 2.37 bits per heavy atom. The molecule has 19 heavy (non-hydrogen) atoms. The zero-order valence-electron chi connectivity index (χ0n) is 12.3. The third-order valence-electron chi connectivity index (χ3n) is 4.18. The van der Waals surface area contributed by atoms with Crippen LogP contribution in [0.25, 0.3) is 0 Å². The van der Waals surface area contributed by atoms with Gasteiger partial charge in [-0.25, -0.2) is 0 Å². The van der Waals surface area contributed by atoms with Crippen LogP contribution in [0.2, 0.25) is 0 Å². The van der Waals surface area contributed by atoms with E-state index < -0.39 is 0 Å². The molecule has 0 radical (unpaired) electrons. The molecule has 3 heteroatoms. The van der Waals surface area contributed by atoms with E-state index in [1.165, 1.54) is 11.1 Å². The maximum absolute atomic E-state index is 5.99. The van der Waals surface area contributed by atoms with Crippen molar-refractivity contribution >= 4 is 0 Å². The SMILES string of the molecule is CC(C)c1ccc(C(CN)N(C)C2CCOC2)cc1. The van der Waals surface area contributed by atoms with E-state index in [9.17, 15) is 0 Å². The number of hydrogen-bond donors (Lipinski definition) is 1. The lowest BCUT2D eigenvalue weighted by Gasteiger charge is -2.32. The van der Waals surface area contributed by atoms with Crippen molar-refractivity contribution in [2.24, 2.45) is 5.73 Å². The molecule has 0 saturated carbocycles. The number of likely N-dealkylation sites (N-methyl/N-ethyl adjacent to an activating group) is 1. The summed E-state index contributed by atoms with van der Waals surface area (Å²) in [5, 5.41) is 0. The summed E-state index contributed by atoms with van der Waals surface area (Å²) in [4.78, 5) is 2.37. The van der Waals surface area contributed by atoms with Gasteiger partial charge >= 0.3 is 0 Å². The van der Waals surface area contributed by atoms with Crippen LogP contribution in [-0.4, -0.2) is 37.7 Å². The molecular formula is C16H26N2O. The van der Waals surface area contributed by atoms with Crippen LogP contribution in [0.1, 0.15) is 43.4 Å². The summed E-state index contributed by atoms with van der Waals surface area (Å²) in [6.45, 7) is 6.79. The van der Waals surface area contributed by atoms with E-state index in [4.69, 9.17) is 10.5 Å². The monoisotopic (exact) mass is 262 g/mol. The van der Waals surface area contributed by atoms with Crippen LogP contribution in [0, 0.1) is 0 Å². The standard InChI is InChI=1S/C16H26N2O/c1-12(2)13-4-6-14(7-5-13)16(10-17)18(3)15-8-9-19-11-15/h4-7,12,15-16H,8-11,17H2,1-3H3. The molecule has 1 aromatic rings. The minimum atomic E-state index is 0.285. The molecular weight excluding hydrogens is 236 g/mol. The molecule has 1 saturated heterocycles. The highest BCUT2D eigenvalue weighted by Gasteiger charge is 2.26. The first kappa shape index (κ1) is 14.5. The topological polar surface area (TPSA) is 38.5 Å². The maximum atomic E-state index is 5.99. The quantitative estimate of drug-likeness (QED) is 0.886. The second kappa shape index (κ2) is 6.51. The van der Waals surface area contributed by atoms with Gasteiger partial charge in [-0.15, -0.1) is 0 Å². The van der Waals surface area contributed by atoms with Crippen LogP contribution in [0.4, 0.5) is 0 Å². The first-order chi connectivity index (χ1) is 9.13. The first-order valence-corrected chi connectivity index (χ1v) is 7.23. The van der Waals surface area contributed by atoms with E-state index in [0.717, 1.165) is 19.6 Å². The molecule has 2 atom stereocenters. The molecule has 0 spiro atoms. The molecule has 0 aromatic heterocycles. The summed E-state index contributed by atoms with van der Waals surface area (Å²) >= 11 is 0. The lowest BCUT2D eigenvalue weighted by molar-refractivity contribution is 0.134. The molecule has 2 N–H and O–H groups in total. The highest BCUT2D eigenvalue weighted by molar-refractivity contribution is 5.27. The zero-order chi connectivity index (χ0) is 13.8. The van der Waals surface area contributed by atoms with Crippen molar-refractivity contribution in [2.45, 2.75) is 38.3 Å². The first-order valence-electron chi connectivity index (χ1n) is 7.23. The van der Waals surface area contributed by atoms with Crippen LogP contribution in [-0.2, 0) is 4.74 Å². The number of benzene rings is 1. The second-order valence-corrected chi connectivity index (χ2v) is 5.76. The Labute approximate surface area is 116 Å². The third-order valence-corrected chi connectivity index (χ3v) is 4.18. The van der Waals surface area contributed by atoms with Gasteiger partial charge in [0.2, 0.25) is 0 Å². The lowest BCUT2D eigenvalue weighted by atomic mass is 9.98. The van der Waals surface area contributed by atoms with Crippen molar-refractivity contribution < 1.29 is 4.74 Å². The van der Waals surface area contributed by atoms with E-state index in [1.807, 2.05) is 0 Å². The highest BCUT2D eigenvalue weighted by atomic mass is 16.5. The van der Waals surface area contributed by atoms with Crippen LogP contribution >= 0.6 is 0 Å². The molecule has 3 nitrogen and oxygen atoms in total. The van der Waals surface area contributed by atoms with Gasteiger partial charge in [0.1, 0.15) is 0 Å². The number of rotatable bonds is 5. The highest BCUT2D eigenvalue weighted by Crippen LogP contribution is 2.25. The molecule has 2 unspecified atom stereocenters. The van der Waals surface area contributed by atoms with Crippen LogP contribution in [0.5, 0.6) is 0 Å². The molecule has 0 aliphatic carbocycles. The van der Waals surface area contributed by atoms with Crippen LogP contribution < -0.4 is 5.73 Å². The van der Waals surface area contributed by atoms with Gasteiger partial charge in [-0.1, -0.05) is 38.1 Å². The van der Waals surface area contributed by atoms with Gasteiger partial charge in [-0.2, -0.15) is 0 Å². The Bertz CT molecular complexity index is 382. The third kappa shape index (κ3) is 3.35. The van der Waals surface area contributed by atoms with Crippen molar-refractivity contribution in [1.29, 1.82) is 0 Å². The van der Waals surface area contributed by atoms with E-state index in [0.29, 0.717) is 18.5 Å². The summed E-state index contributed by atoms with van der Waals surface area (Å²) < 4.78 is 5.48. The number of nitrogens with zero attached hydrogens (tertiary/aromatic N) is 1. The Morgan fingerprint density at radius 2 is 1.89 bits per heavy atom. The molecule has 1 aliphatic rings. The Balaban J connectivity index is 2.11. The fraction of sp³-hybridized carbons (Fsp3) is 0.625. The number of hydrogen-bond acceptors (Lipinski definition) is 3. The molecule has 1 fully saturated rings. The van der Waals surface area contributed by atoms with Gasteiger partial charge in [-0.05, 0) is 30.5 Å². The van der Waals surface area contributed by atoms with Gasteiger partial charge in [0.05, 0.1) is 6.61 Å². The summed E-state index contributed by atoms with van der Waals surface area (Å²) in [7, 11) is 2.16. The van der Waals surface area contributed by atoms with Crippen LogP contribution in [0.15, 0.2) is 24.3 Å². The smallest absolute Gasteiger partial charge is 0.0622 e. The zero-order valence-corrected chi connectivity index (χ0v) is 12.3. The average molecular weight is 262 g/mol. The predicted octanol–water partition coefficient (Wildman–Crippen LogP) is 2.53. The van der Waals surface area contributed by atoms with Crippen molar-refractivity contribution in [2.75, 3.05) is 26.8 Å². The minimum absolute atomic E-state index is 0.285. The van der Waals surface area contributed by atoms with Gasteiger partial charge in [0, 0.05) is 25.2 Å². The van der Waals surface area contributed by atoms with Gasteiger partial charge in [0.25, 0.3) is 0 Å². The van der Waals surface area contributed by atoms with Crippen molar-refractivity contribution in [3.05, 3.63) is 35.4 Å². The summed E-state index contributed by atoms with van der Waals surface area (Å²) in [5.74, 6) is 0.575. The molecule has 0 amide bonds. The van der Waals surface area contributed by atoms with Gasteiger partial charge in [-0.3, -0.25) is 4.90 Å². The predicted molar refractivity (Wildman–Crippen MR) is 79.3 cm³/mol. The van der Waals surface area contributed by atoms with E-state index in [1.54, 1.807) is 0 Å². The van der Waals surface area contributed by atoms with Crippen molar-refractivity contribution in [3.63, 3.8) is 0 Å². The lowest BCUT2D eigenvalue weighted by Crippen LogP contribution is -2.38. The van der Waals surface area contributed by atoms with E-state index in [-0.39, 0.29) is 6.04 Å². The minimum Gasteiger partial charge on any atom is -0.380 e. The Hall–Kier alpha value is -0.900. The maximum Gasteiger partial charge on any atom is 0.0622 e. The average Bonchev–Trinajstić information content (AvgIpc) is 2.94. The fourth-order valence-electron chi connectivity index (χ4n) is 2.74. The number of ether oxygens (including phenoxy) is 1. The normalized spacial score (nSPS) is 21.3. The molecule has 1 aliphatic heterocycles. The molecule has 2 rings (SSSR count). The van der Waals surface area contributed by atoms with Crippen molar-refractivity contribution in [3.8, 4) is 0 Å². The molecule has 0 bridgehead atoms. The summed E-state index contributed by atoms with van der Waals surface area (Å²) in [6, 6.07) is 9.67. The van der Waals surface area contributed by atoms with Gasteiger partial charge < -0.3 is 10.5 Å². The van der Waals surface area contributed by atoms with Gasteiger partial charge in [0.15, 0.2) is 0 Å².